The molecule has 0 unspecified atom stereocenters. The number of hydrogen-bond acceptors (Lipinski definition) is 1. The maximum Gasteiger partial charge on any atom is 0.416 e. The molecule has 0 spiro atoms. The van der Waals surface area contributed by atoms with E-state index in [9.17, 15) is 31.1 Å². The molecule has 0 aliphatic heterocycles. The van der Waals surface area contributed by atoms with Crippen molar-refractivity contribution in [2.75, 3.05) is 0 Å². The third-order valence-electron chi connectivity index (χ3n) is 2.49. The Labute approximate surface area is 116 Å². The van der Waals surface area contributed by atoms with E-state index in [1.54, 1.807) is 0 Å². The SMILES string of the molecule is C=C(C)C(=O)NCc1cc(C(F)(F)F)cc(C(F)(F)F)c1. The van der Waals surface area contributed by atoms with Crippen molar-refractivity contribution in [2.24, 2.45) is 0 Å². The van der Waals surface area contributed by atoms with Gasteiger partial charge in [0, 0.05) is 12.1 Å². The summed E-state index contributed by atoms with van der Waals surface area (Å²) >= 11 is 0. The lowest BCUT2D eigenvalue weighted by Gasteiger charge is -2.14. The van der Waals surface area contributed by atoms with Gasteiger partial charge in [0.05, 0.1) is 11.1 Å². The second kappa shape index (κ2) is 5.79. The predicted molar refractivity (Wildman–Crippen MR) is 63.1 cm³/mol. The highest BCUT2D eigenvalue weighted by molar-refractivity contribution is 5.92. The molecular formula is C13H11F6NO. The van der Waals surface area contributed by atoms with Crippen molar-refractivity contribution in [3.63, 3.8) is 0 Å². The zero-order valence-electron chi connectivity index (χ0n) is 10.8. The van der Waals surface area contributed by atoms with E-state index in [2.05, 4.69) is 11.9 Å². The number of carbonyl (C=O) groups is 1. The molecule has 0 radical (unpaired) electrons. The fraction of sp³-hybridized carbons (Fsp3) is 0.308. The summed E-state index contributed by atoms with van der Waals surface area (Å²) in [5, 5.41) is 2.18. The molecule has 0 aliphatic rings. The Bertz CT molecular complexity index is 527. The van der Waals surface area contributed by atoms with Gasteiger partial charge in [-0.05, 0) is 30.7 Å². The molecule has 0 atom stereocenters. The number of hydrogen-bond donors (Lipinski definition) is 1. The quantitative estimate of drug-likeness (QED) is 0.665. The van der Waals surface area contributed by atoms with Gasteiger partial charge in [-0.2, -0.15) is 26.3 Å². The minimum Gasteiger partial charge on any atom is -0.348 e. The van der Waals surface area contributed by atoms with E-state index >= 15 is 0 Å². The van der Waals surface area contributed by atoms with Gasteiger partial charge in [-0.25, -0.2) is 0 Å². The standard InChI is InChI=1S/C13H11F6NO/c1-7(2)11(21)20-6-8-3-9(12(14,15)16)5-10(4-8)13(17,18)19/h3-5H,1,6H2,2H3,(H,20,21). The zero-order valence-corrected chi connectivity index (χ0v) is 10.8. The summed E-state index contributed by atoms with van der Waals surface area (Å²) in [6.07, 6.45) is -9.82. The lowest BCUT2D eigenvalue weighted by molar-refractivity contribution is -0.143. The summed E-state index contributed by atoms with van der Waals surface area (Å²) in [6.45, 7) is 4.21. The molecule has 0 aliphatic carbocycles. The zero-order chi connectivity index (χ0) is 16.4. The highest BCUT2D eigenvalue weighted by atomic mass is 19.4. The molecule has 0 saturated heterocycles. The summed E-state index contributed by atoms with van der Waals surface area (Å²) in [5.74, 6) is -0.652. The van der Waals surface area contributed by atoms with Crippen molar-refractivity contribution in [3.05, 3.63) is 47.0 Å². The lowest BCUT2D eigenvalue weighted by Crippen LogP contribution is -2.23. The van der Waals surface area contributed by atoms with Gasteiger partial charge in [0.2, 0.25) is 5.91 Å². The molecule has 0 heterocycles. The van der Waals surface area contributed by atoms with Crippen molar-refractivity contribution in [1.29, 1.82) is 0 Å². The Balaban J connectivity index is 3.14. The highest BCUT2D eigenvalue weighted by Gasteiger charge is 2.36. The number of benzene rings is 1. The van der Waals surface area contributed by atoms with Crippen LogP contribution in [0.2, 0.25) is 0 Å². The van der Waals surface area contributed by atoms with E-state index in [0.717, 1.165) is 0 Å². The normalized spacial score (nSPS) is 12.1. The Morgan fingerprint density at radius 3 is 1.81 bits per heavy atom. The van der Waals surface area contributed by atoms with Crippen LogP contribution in [0.5, 0.6) is 0 Å². The van der Waals surface area contributed by atoms with Crippen LogP contribution in [0.15, 0.2) is 30.4 Å². The Morgan fingerprint density at radius 2 is 1.48 bits per heavy atom. The molecule has 2 nitrogen and oxygen atoms in total. The molecule has 8 heteroatoms. The van der Waals surface area contributed by atoms with Gasteiger partial charge in [-0.1, -0.05) is 6.58 Å². The first-order chi connectivity index (χ1) is 9.41. The van der Waals surface area contributed by atoms with Gasteiger partial charge in [-0.15, -0.1) is 0 Å². The average Bonchev–Trinajstić information content (AvgIpc) is 2.33. The summed E-state index contributed by atoms with van der Waals surface area (Å²) in [6, 6.07) is 1.16. The van der Waals surface area contributed by atoms with Gasteiger partial charge in [0.15, 0.2) is 0 Å². The van der Waals surface area contributed by atoms with E-state index in [1.807, 2.05) is 0 Å². The Hall–Kier alpha value is -1.99. The smallest absolute Gasteiger partial charge is 0.348 e. The minimum atomic E-state index is -4.91. The number of alkyl halides is 6. The van der Waals surface area contributed by atoms with Crippen molar-refractivity contribution in [1.82, 2.24) is 5.32 Å². The maximum atomic E-state index is 12.6. The predicted octanol–water partition coefficient (Wildman–Crippen LogP) is 3.92. The van der Waals surface area contributed by atoms with Crippen LogP contribution in [0.1, 0.15) is 23.6 Å². The van der Waals surface area contributed by atoms with Crippen molar-refractivity contribution in [3.8, 4) is 0 Å². The number of carbonyl (C=O) groups excluding carboxylic acids is 1. The monoisotopic (exact) mass is 311 g/mol. The molecule has 0 saturated carbocycles. The van der Waals surface area contributed by atoms with Crippen LogP contribution in [0.25, 0.3) is 0 Å². The van der Waals surface area contributed by atoms with Crippen LogP contribution in [0.3, 0.4) is 0 Å². The van der Waals surface area contributed by atoms with Crippen LogP contribution in [0.4, 0.5) is 26.3 Å². The van der Waals surface area contributed by atoms with Crippen LogP contribution < -0.4 is 5.32 Å². The summed E-state index contributed by atoms with van der Waals surface area (Å²) < 4.78 is 75.6. The van der Waals surface area contributed by atoms with E-state index in [-0.39, 0.29) is 17.2 Å². The van der Waals surface area contributed by atoms with Crippen LogP contribution >= 0.6 is 0 Å². The van der Waals surface area contributed by atoms with Crippen LogP contribution in [-0.2, 0) is 23.7 Å². The average molecular weight is 311 g/mol. The first-order valence-corrected chi connectivity index (χ1v) is 5.63. The fourth-order valence-corrected chi connectivity index (χ4v) is 1.45. The van der Waals surface area contributed by atoms with Gasteiger partial charge in [0.1, 0.15) is 0 Å². The summed E-state index contributed by atoms with van der Waals surface area (Å²) in [5.41, 5.74) is -3.04. The number of amides is 1. The van der Waals surface area contributed by atoms with Crippen molar-refractivity contribution < 1.29 is 31.1 Å². The molecule has 21 heavy (non-hydrogen) atoms. The molecule has 1 aromatic rings. The molecular weight excluding hydrogens is 300 g/mol. The molecule has 116 valence electrons. The van der Waals surface area contributed by atoms with E-state index in [0.29, 0.717) is 12.1 Å². The Morgan fingerprint density at radius 1 is 1.05 bits per heavy atom. The molecule has 1 aromatic carbocycles. The Kier molecular flexibility index (Phi) is 4.70. The van der Waals surface area contributed by atoms with Crippen LogP contribution in [0, 0.1) is 0 Å². The van der Waals surface area contributed by atoms with E-state index < -0.39 is 35.9 Å². The first kappa shape index (κ1) is 17.1. The maximum absolute atomic E-state index is 12.6. The van der Waals surface area contributed by atoms with E-state index in [1.165, 1.54) is 6.92 Å². The molecule has 0 bridgehead atoms. The minimum absolute atomic E-state index is 0.0318. The summed E-state index contributed by atoms with van der Waals surface area (Å²) in [7, 11) is 0. The molecule has 1 amide bonds. The number of halogens is 6. The second-order valence-corrected chi connectivity index (χ2v) is 4.38. The lowest BCUT2D eigenvalue weighted by atomic mass is 10.0. The fourth-order valence-electron chi connectivity index (χ4n) is 1.45. The van der Waals surface area contributed by atoms with Crippen LogP contribution in [-0.4, -0.2) is 5.91 Å². The van der Waals surface area contributed by atoms with Crippen molar-refractivity contribution in [2.45, 2.75) is 25.8 Å². The topological polar surface area (TPSA) is 29.1 Å². The summed E-state index contributed by atoms with van der Waals surface area (Å²) in [4.78, 5) is 11.2. The number of nitrogens with one attached hydrogen (secondary N) is 1. The third-order valence-corrected chi connectivity index (χ3v) is 2.49. The molecule has 1 rings (SSSR count). The van der Waals surface area contributed by atoms with Crippen molar-refractivity contribution >= 4 is 5.91 Å². The van der Waals surface area contributed by atoms with Gasteiger partial charge in [0.25, 0.3) is 0 Å². The van der Waals surface area contributed by atoms with Gasteiger partial charge >= 0.3 is 12.4 Å². The van der Waals surface area contributed by atoms with Gasteiger partial charge < -0.3 is 5.32 Å². The second-order valence-electron chi connectivity index (χ2n) is 4.38. The van der Waals surface area contributed by atoms with E-state index in [4.69, 9.17) is 0 Å². The van der Waals surface area contributed by atoms with Gasteiger partial charge in [-0.3, -0.25) is 4.79 Å². The molecule has 0 fully saturated rings. The number of rotatable bonds is 3. The molecule has 0 aromatic heterocycles. The highest BCUT2D eigenvalue weighted by Crippen LogP contribution is 2.36. The first-order valence-electron chi connectivity index (χ1n) is 5.63. The molecule has 1 N–H and O–H groups in total. The largest absolute Gasteiger partial charge is 0.416 e. The third kappa shape index (κ3) is 4.80.